The Labute approximate surface area is 186 Å². The van der Waals surface area contributed by atoms with Gasteiger partial charge in [0.25, 0.3) is 0 Å². The second-order valence-corrected chi connectivity index (χ2v) is 7.12. The molecule has 1 saturated heterocycles. The average Bonchev–Trinajstić information content (AvgIpc) is 2.70. The Hall–Kier alpha value is -1.13. The predicted octanol–water partition coefficient (Wildman–Crippen LogP) is 2.51. The molecule has 0 amide bonds. The Balaban J connectivity index is 0.00000392. The molecule has 28 heavy (non-hydrogen) atoms. The normalized spacial score (nSPS) is 16.4. The van der Waals surface area contributed by atoms with Gasteiger partial charge in [0.2, 0.25) is 5.88 Å². The minimum absolute atomic E-state index is 0. The van der Waals surface area contributed by atoms with Crippen LogP contribution in [-0.4, -0.2) is 68.4 Å². The van der Waals surface area contributed by atoms with E-state index in [0.29, 0.717) is 31.0 Å². The van der Waals surface area contributed by atoms with Gasteiger partial charge in [0.1, 0.15) is 0 Å². The second kappa shape index (κ2) is 13.9. The summed E-state index contributed by atoms with van der Waals surface area (Å²) in [5.74, 6) is 2.04. The Bertz CT molecular complexity index is 562. The van der Waals surface area contributed by atoms with Crippen LogP contribution in [0.2, 0.25) is 0 Å². The molecule has 1 aromatic rings. The molecule has 1 aliphatic heterocycles. The lowest BCUT2D eigenvalue weighted by molar-refractivity contribution is 0.00752. The lowest BCUT2D eigenvalue weighted by Crippen LogP contribution is -2.52. The number of morpholine rings is 1. The summed E-state index contributed by atoms with van der Waals surface area (Å²) in [6, 6.07) is 4.41. The fourth-order valence-corrected chi connectivity index (χ4v) is 3.11. The van der Waals surface area contributed by atoms with E-state index in [1.54, 1.807) is 7.05 Å². The molecule has 1 atom stereocenters. The minimum atomic E-state index is 0. The third kappa shape index (κ3) is 8.48. The van der Waals surface area contributed by atoms with Crippen molar-refractivity contribution >= 4 is 29.9 Å². The Kier molecular flexibility index (Phi) is 12.4. The van der Waals surface area contributed by atoms with Crippen molar-refractivity contribution in [3.8, 4) is 5.88 Å². The number of aliphatic imine (C=N–C) groups is 1. The molecule has 0 spiro atoms. The molecule has 0 radical (unpaired) electrons. The number of halogens is 1. The quantitative estimate of drug-likeness (QED) is 0.306. The van der Waals surface area contributed by atoms with E-state index in [2.05, 4.69) is 46.3 Å². The zero-order valence-corrected chi connectivity index (χ0v) is 19.9. The van der Waals surface area contributed by atoms with E-state index in [1.807, 2.05) is 18.3 Å². The van der Waals surface area contributed by atoms with E-state index in [4.69, 9.17) is 9.47 Å². The lowest BCUT2D eigenvalue weighted by atomic mass is 10.0. The summed E-state index contributed by atoms with van der Waals surface area (Å²) in [7, 11) is 1.80. The standard InChI is InChI=1S/C20H35N5O2.HI/c1-5-10-27-19-7-6-17(13-22-19)14-23-20(21-4)24-15-18(16(2)3)25-8-11-26-12-9-25;/h6-7,13,16,18H,5,8-12,14-15H2,1-4H3,(H2,21,23,24);1H. The Morgan fingerprint density at radius 3 is 2.61 bits per heavy atom. The molecule has 1 aromatic heterocycles. The molecule has 0 saturated carbocycles. The summed E-state index contributed by atoms with van der Waals surface area (Å²) in [6.45, 7) is 12.5. The van der Waals surface area contributed by atoms with Crippen molar-refractivity contribution in [1.82, 2.24) is 20.5 Å². The van der Waals surface area contributed by atoms with E-state index < -0.39 is 0 Å². The Morgan fingerprint density at radius 2 is 2.04 bits per heavy atom. The summed E-state index contributed by atoms with van der Waals surface area (Å²) in [6.07, 6.45) is 2.82. The third-order valence-electron chi connectivity index (χ3n) is 4.70. The molecule has 0 bridgehead atoms. The van der Waals surface area contributed by atoms with Gasteiger partial charge in [0.05, 0.1) is 19.8 Å². The number of nitrogens with one attached hydrogen (secondary N) is 2. The fourth-order valence-electron chi connectivity index (χ4n) is 3.11. The number of ether oxygens (including phenoxy) is 2. The maximum Gasteiger partial charge on any atom is 0.213 e. The van der Waals surface area contributed by atoms with Crippen LogP contribution >= 0.6 is 24.0 Å². The van der Waals surface area contributed by atoms with Gasteiger partial charge in [-0.15, -0.1) is 24.0 Å². The molecular formula is C20H36IN5O2. The monoisotopic (exact) mass is 505 g/mol. The molecule has 2 heterocycles. The van der Waals surface area contributed by atoms with E-state index in [0.717, 1.165) is 50.8 Å². The highest BCUT2D eigenvalue weighted by Crippen LogP contribution is 2.12. The van der Waals surface area contributed by atoms with Crippen molar-refractivity contribution in [3.63, 3.8) is 0 Å². The highest BCUT2D eigenvalue weighted by Gasteiger charge is 2.23. The molecule has 7 nitrogen and oxygen atoms in total. The molecular weight excluding hydrogens is 469 g/mol. The summed E-state index contributed by atoms with van der Waals surface area (Å²) in [5, 5.41) is 6.83. The van der Waals surface area contributed by atoms with Gasteiger partial charge in [-0.25, -0.2) is 4.98 Å². The number of aromatic nitrogens is 1. The lowest BCUT2D eigenvalue weighted by Gasteiger charge is -2.37. The van der Waals surface area contributed by atoms with Crippen molar-refractivity contribution in [2.75, 3.05) is 46.5 Å². The van der Waals surface area contributed by atoms with Crippen LogP contribution in [0, 0.1) is 5.92 Å². The summed E-state index contributed by atoms with van der Waals surface area (Å²) < 4.78 is 11.0. The SMILES string of the molecule is CCCOc1ccc(CNC(=NC)NCC(C(C)C)N2CCOCC2)cn1.I. The van der Waals surface area contributed by atoms with Crippen LogP contribution in [0.4, 0.5) is 0 Å². The van der Waals surface area contributed by atoms with E-state index in [9.17, 15) is 0 Å². The summed E-state index contributed by atoms with van der Waals surface area (Å²) in [5.41, 5.74) is 1.09. The molecule has 160 valence electrons. The second-order valence-electron chi connectivity index (χ2n) is 7.12. The first kappa shape index (κ1) is 24.9. The first-order chi connectivity index (χ1) is 13.1. The van der Waals surface area contributed by atoms with E-state index in [-0.39, 0.29) is 24.0 Å². The van der Waals surface area contributed by atoms with Crippen LogP contribution in [-0.2, 0) is 11.3 Å². The maximum absolute atomic E-state index is 5.52. The molecule has 1 unspecified atom stereocenters. The first-order valence-corrected chi connectivity index (χ1v) is 9.98. The van der Waals surface area contributed by atoms with Gasteiger partial charge >= 0.3 is 0 Å². The van der Waals surface area contributed by atoms with Crippen LogP contribution in [0.1, 0.15) is 32.8 Å². The van der Waals surface area contributed by atoms with Crippen molar-refractivity contribution < 1.29 is 9.47 Å². The minimum Gasteiger partial charge on any atom is -0.478 e. The zero-order chi connectivity index (χ0) is 19.5. The smallest absolute Gasteiger partial charge is 0.213 e. The highest BCUT2D eigenvalue weighted by atomic mass is 127. The van der Waals surface area contributed by atoms with Crippen LogP contribution in [0.15, 0.2) is 23.3 Å². The van der Waals surface area contributed by atoms with Crippen LogP contribution < -0.4 is 15.4 Å². The molecule has 0 aliphatic carbocycles. The van der Waals surface area contributed by atoms with E-state index >= 15 is 0 Å². The van der Waals surface area contributed by atoms with Crippen molar-refractivity contribution in [2.45, 2.75) is 39.8 Å². The maximum atomic E-state index is 5.52. The van der Waals surface area contributed by atoms with Gasteiger partial charge in [-0.2, -0.15) is 0 Å². The topological polar surface area (TPSA) is 71.0 Å². The zero-order valence-electron chi connectivity index (χ0n) is 17.6. The molecule has 1 aliphatic rings. The van der Waals surface area contributed by atoms with Gasteiger partial charge in [-0.3, -0.25) is 9.89 Å². The van der Waals surface area contributed by atoms with Gasteiger partial charge in [-0.05, 0) is 17.9 Å². The number of rotatable bonds is 9. The number of nitrogens with zero attached hydrogens (tertiary/aromatic N) is 3. The van der Waals surface area contributed by atoms with Gasteiger partial charge < -0.3 is 20.1 Å². The molecule has 2 rings (SSSR count). The molecule has 8 heteroatoms. The summed E-state index contributed by atoms with van der Waals surface area (Å²) >= 11 is 0. The van der Waals surface area contributed by atoms with Crippen molar-refractivity contribution in [2.24, 2.45) is 10.9 Å². The van der Waals surface area contributed by atoms with Crippen molar-refractivity contribution in [1.29, 1.82) is 0 Å². The van der Waals surface area contributed by atoms with Gasteiger partial charge in [-0.1, -0.05) is 26.8 Å². The Morgan fingerprint density at radius 1 is 1.29 bits per heavy atom. The predicted molar refractivity (Wildman–Crippen MR) is 125 cm³/mol. The fraction of sp³-hybridized carbons (Fsp3) is 0.700. The largest absolute Gasteiger partial charge is 0.478 e. The van der Waals surface area contributed by atoms with Crippen LogP contribution in [0.3, 0.4) is 0 Å². The third-order valence-corrected chi connectivity index (χ3v) is 4.70. The van der Waals surface area contributed by atoms with Gasteiger partial charge in [0, 0.05) is 51.5 Å². The molecule has 2 N–H and O–H groups in total. The highest BCUT2D eigenvalue weighted by molar-refractivity contribution is 14.0. The summed E-state index contributed by atoms with van der Waals surface area (Å²) in [4.78, 5) is 11.2. The van der Waals surface area contributed by atoms with Crippen LogP contribution in [0.5, 0.6) is 5.88 Å². The van der Waals surface area contributed by atoms with Crippen LogP contribution in [0.25, 0.3) is 0 Å². The van der Waals surface area contributed by atoms with E-state index in [1.165, 1.54) is 0 Å². The van der Waals surface area contributed by atoms with Gasteiger partial charge in [0.15, 0.2) is 5.96 Å². The first-order valence-electron chi connectivity index (χ1n) is 9.98. The number of hydrogen-bond acceptors (Lipinski definition) is 5. The average molecular weight is 505 g/mol. The number of guanidine groups is 1. The molecule has 0 aromatic carbocycles. The molecule has 1 fully saturated rings. The van der Waals surface area contributed by atoms with Crippen molar-refractivity contribution in [3.05, 3.63) is 23.9 Å². The number of pyridine rings is 1. The number of hydrogen-bond donors (Lipinski definition) is 2.